The van der Waals surface area contributed by atoms with E-state index in [1.54, 1.807) is 19.1 Å². The highest BCUT2D eigenvalue weighted by Crippen LogP contribution is 2.40. The van der Waals surface area contributed by atoms with E-state index in [4.69, 9.17) is 0 Å². The Balaban J connectivity index is 2.15. The Hall–Kier alpha value is -2.07. The summed E-state index contributed by atoms with van der Waals surface area (Å²) in [5.74, 6) is -2.35. The molecule has 0 spiro atoms. The lowest BCUT2D eigenvalue weighted by atomic mass is 10.1. The van der Waals surface area contributed by atoms with Crippen LogP contribution in [0.3, 0.4) is 0 Å². The summed E-state index contributed by atoms with van der Waals surface area (Å²) in [6.45, 7) is 4.87. The number of nitrogens with zero attached hydrogens (tertiary/aromatic N) is 2. The highest BCUT2D eigenvalue weighted by molar-refractivity contribution is 7.70. The predicted octanol–water partition coefficient (Wildman–Crippen LogP) is 3.79. The molecule has 25 heavy (non-hydrogen) atoms. The topological polar surface area (TPSA) is 50.3 Å². The minimum absolute atomic E-state index is 0.00688. The first-order chi connectivity index (χ1) is 11.7. The molecule has 0 aliphatic carbocycles. The van der Waals surface area contributed by atoms with Gasteiger partial charge in [-0.2, -0.15) is 0 Å². The van der Waals surface area contributed by atoms with Gasteiger partial charge in [0, 0.05) is 29.8 Å². The molecule has 0 bridgehead atoms. The molecule has 132 valence electrons. The highest BCUT2D eigenvalue weighted by Gasteiger charge is 2.32. The molecule has 1 aromatic heterocycles. The van der Waals surface area contributed by atoms with Crippen LogP contribution in [-0.4, -0.2) is 30.3 Å². The summed E-state index contributed by atoms with van der Waals surface area (Å²) in [5.41, 5.74) is 0.497. The third-order valence-corrected chi connectivity index (χ3v) is 5.77. The summed E-state index contributed by atoms with van der Waals surface area (Å²) < 4.78 is 41.9. The second kappa shape index (κ2) is 6.34. The van der Waals surface area contributed by atoms with Gasteiger partial charge in [-0.1, -0.05) is 6.07 Å². The number of rotatable bonds is 3. The largest absolute Gasteiger partial charge is 0.318 e. The van der Waals surface area contributed by atoms with E-state index >= 15 is 0 Å². The second-order valence-electron chi connectivity index (χ2n) is 6.64. The number of carbonyl (C=O) groups excluding carboxylic acids is 1. The van der Waals surface area contributed by atoms with Crippen molar-refractivity contribution in [3.8, 4) is 11.1 Å². The maximum Gasteiger partial charge on any atom is 0.227 e. The molecule has 1 unspecified atom stereocenters. The SMILES string of the molecule is CC1CCC(=O)N1c1ccc(-c2cccnc2P(C)(C)=O)c(F)c1F. The van der Waals surface area contributed by atoms with Gasteiger partial charge in [0.05, 0.1) is 5.69 Å². The van der Waals surface area contributed by atoms with Crippen molar-refractivity contribution in [2.45, 2.75) is 25.8 Å². The smallest absolute Gasteiger partial charge is 0.227 e. The zero-order valence-electron chi connectivity index (χ0n) is 14.3. The van der Waals surface area contributed by atoms with E-state index in [2.05, 4.69) is 4.98 Å². The third kappa shape index (κ3) is 3.11. The Morgan fingerprint density at radius 3 is 2.48 bits per heavy atom. The van der Waals surface area contributed by atoms with Crippen LogP contribution in [0.2, 0.25) is 0 Å². The number of benzene rings is 1. The number of carbonyl (C=O) groups is 1. The minimum Gasteiger partial charge on any atom is -0.318 e. The normalized spacial score (nSPS) is 18.0. The molecule has 7 heteroatoms. The average molecular weight is 364 g/mol. The number of hydrogen-bond acceptors (Lipinski definition) is 3. The van der Waals surface area contributed by atoms with Crippen LogP contribution >= 0.6 is 7.14 Å². The van der Waals surface area contributed by atoms with E-state index in [9.17, 15) is 18.1 Å². The van der Waals surface area contributed by atoms with Gasteiger partial charge in [0.25, 0.3) is 0 Å². The quantitative estimate of drug-likeness (QED) is 0.779. The average Bonchev–Trinajstić information content (AvgIpc) is 2.88. The molecule has 0 radical (unpaired) electrons. The van der Waals surface area contributed by atoms with Crippen molar-refractivity contribution < 1.29 is 18.1 Å². The lowest BCUT2D eigenvalue weighted by Gasteiger charge is -2.23. The van der Waals surface area contributed by atoms with Gasteiger partial charge in [0.1, 0.15) is 12.6 Å². The van der Waals surface area contributed by atoms with Crippen molar-refractivity contribution in [2.75, 3.05) is 18.2 Å². The molecule has 1 amide bonds. The van der Waals surface area contributed by atoms with Gasteiger partial charge >= 0.3 is 0 Å². The van der Waals surface area contributed by atoms with E-state index < -0.39 is 18.8 Å². The molecule has 1 saturated heterocycles. The van der Waals surface area contributed by atoms with Crippen LogP contribution in [0.4, 0.5) is 14.5 Å². The fourth-order valence-electron chi connectivity index (χ4n) is 3.17. The predicted molar refractivity (Wildman–Crippen MR) is 94.9 cm³/mol. The molecular weight excluding hydrogens is 345 g/mol. The Kier molecular flexibility index (Phi) is 4.50. The number of pyridine rings is 1. The maximum absolute atomic E-state index is 14.8. The number of aromatic nitrogens is 1. The van der Waals surface area contributed by atoms with Crippen molar-refractivity contribution >= 4 is 24.2 Å². The van der Waals surface area contributed by atoms with Crippen molar-refractivity contribution in [3.05, 3.63) is 42.1 Å². The maximum atomic E-state index is 14.8. The summed E-state index contributed by atoms with van der Waals surface area (Å²) in [6, 6.07) is 5.81. The molecular formula is C18H19F2N2O2P. The van der Waals surface area contributed by atoms with Gasteiger partial charge in [0.2, 0.25) is 5.91 Å². The first-order valence-corrected chi connectivity index (χ1v) is 10.6. The molecule has 1 aliphatic rings. The molecule has 1 atom stereocenters. The van der Waals surface area contributed by atoms with Crippen LogP contribution in [0.1, 0.15) is 19.8 Å². The summed E-state index contributed by atoms with van der Waals surface area (Å²) in [5, 5.41) is 0. The first kappa shape index (κ1) is 17.7. The van der Waals surface area contributed by atoms with E-state index in [-0.39, 0.29) is 28.6 Å². The number of amides is 1. The van der Waals surface area contributed by atoms with Crippen LogP contribution < -0.4 is 10.3 Å². The number of anilines is 1. The van der Waals surface area contributed by atoms with Crippen LogP contribution in [0, 0.1) is 11.6 Å². The summed E-state index contributed by atoms with van der Waals surface area (Å²) >= 11 is 0. The van der Waals surface area contributed by atoms with Crippen LogP contribution in [0.25, 0.3) is 11.1 Å². The lowest BCUT2D eigenvalue weighted by Crippen LogP contribution is -2.31. The van der Waals surface area contributed by atoms with E-state index in [1.807, 2.05) is 0 Å². The van der Waals surface area contributed by atoms with Crippen LogP contribution in [0.15, 0.2) is 30.5 Å². The fourth-order valence-corrected chi connectivity index (χ4v) is 4.29. The van der Waals surface area contributed by atoms with Gasteiger partial charge in [0.15, 0.2) is 11.6 Å². The second-order valence-corrected chi connectivity index (χ2v) is 9.76. The molecule has 0 N–H and O–H groups in total. The zero-order valence-corrected chi connectivity index (χ0v) is 15.2. The van der Waals surface area contributed by atoms with Gasteiger partial charge in [-0.15, -0.1) is 0 Å². The standard InChI is InChI=1S/C18H19F2N2O2P/c1-11-6-9-15(23)22(11)14-8-7-12(16(19)17(14)20)13-5-4-10-21-18(13)25(2,3)24/h4-5,7-8,10-11H,6,9H2,1-3H3. The first-order valence-electron chi connectivity index (χ1n) is 8.03. The molecule has 2 aromatic rings. The van der Waals surface area contributed by atoms with Gasteiger partial charge in [-0.25, -0.2) is 8.78 Å². The minimum atomic E-state index is -2.77. The Bertz CT molecular complexity index is 895. The molecule has 1 fully saturated rings. The van der Waals surface area contributed by atoms with Gasteiger partial charge in [-0.05, 0) is 44.9 Å². The van der Waals surface area contributed by atoms with Crippen molar-refractivity contribution in [2.24, 2.45) is 0 Å². The van der Waals surface area contributed by atoms with Crippen molar-refractivity contribution in [1.29, 1.82) is 0 Å². The fraction of sp³-hybridized carbons (Fsp3) is 0.333. The number of halogens is 2. The Morgan fingerprint density at radius 1 is 1.16 bits per heavy atom. The summed E-state index contributed by atoms with van der Waals surface area (Å²) in [7, 11) is -2.77. The molecule has 2 heterocycles. The highest BCUT2D eigenvalue weighted by atomic mass is 31.2. The van der Waals surface area contributed by atoms with E-state index in [0.717, 1.165) is 0 Å². The van der Waals surface area contributed by atoms with Crippen molar-refractivity contribution in [1.82, 2.24) is 4.98 Å². The Morgan fingerprint density at radius 2 is 1.88 bits per heavy atom. The Labute approximate surface area is 145 Å². The molecule has 1 aliphatic heterocycles. The molecule has 0 saturated carbocycles. The lowest BCUT2D eigenvalue weighted by molar-refractivity contribution is -0.117. The summed E-state index contributed by atoms with van der Waals surface area (Å²) in [6.07, 6.45) is 2.42. The molecule has 1 aromatic carbocycles. The number of hydrogen-bond donors (Lipinski definition) is 0. The van der Waals surface area contributed by atoms with Crippen LogP contribution in [-0.2, 0) is 9.36 Å². The summed E-state index contributed by atoms with van der Waals surface area (Å²) in [4.78, 5) is 17.4. The van der Waals surface area contributed by atoms with Gasteiger partial charge in [-0.3, -0.25) is 9.78 Å². The van der Waals surface area contributed by atoms with Crippen LogP contribution in [0.5, 0.6) is 0 Å². The van der Waals surface area contributed by atoms with E-state index in [0.29, 0.717) is 18.4 Å². The van der Waals surface area contributed by atoms with E-state index in [1.165, 1.54) is 36.6 Å². The zero-order chi connectivity index (χ0) is 18.4. The van der Waals surface area contributed by atoms with Gasteiger partial charge < -0.3 is 9.46 Å². The third-order valence-electron chi connectivity index (χ3n) is 4.39. The van der Waals surface area contributed by atoms with Crippen molar-refractivity contribution in [3.63, 3.8) is 0 Å². The molecule has 3 rings (SSSR count). The molecule has 4 nitrogen and oxygen atoms in total. The monoisotopic (exact) mass is 364 g/mol.